The summed E-state index contributed by atoms with van der Waals surface area (Å²) in [6.45, 7) is 8.47. The van der Waals surface area contributed by atoms with Crippen LogP contribution >= 0.6 is 0 Å². The van der Waals surface area contributed by atoms with Gasteiger partial charge in [-0.2, -0.15) is 0 Å². The highest BCUT2D eigenvalue weighted by atomic mass is 16.1. The molecule has 0 heterocycles. The summed E-state index contributed by atoms with van der Waals surface area (Å²) in [5, 5.41) is 2.95. The summed E-state index contributed by atoms with van der Waals surface area (Å²) in [5.41, 5.74) is 3.93. The van der Waals surface area contributed by atoms with Gasteiger partial charge < -0.3 is 5.32 Å². The average Bonchev–Trinajstić information content (AvgIpc) is 2.40. The van der Waals surface area contributed by atoms with E-state index in [-0.39, 0.29) is 11.3 Å². The second kappa shape index (κ2) is 5.49. The third kappa shape index (κ3) is 3.27. The van der Waals surface area contributed by atoms with Gasteiger partial charge in [0.25, 0.3) is 5.91 Å². The number of carbonyl (C=O) groups excluding carboxylic acids is 1. The van der Waals surface area contributed by atoms with Crippen LogP contribution in [0.3, 0.4) is 0 Å². The Morgan fingerprint density at radius 3 is 2.10 bits per heavy atom. The molecule has 0 aliphatic carbocycles. The van der Waals surface area contributed by atoms with Crippen LogP contribution in [0.4, 0.5) is 5.69 Å². The number of aryl methyl sites for hydroxylation is 1. The maximum absolute atomic E-state index is 12.2. The number of benzene rings is 2. The number of hydrogen-bond donors (Lipinski definition) is 1. The first kappa shape index (κ1) is 14.3. The molecule has 0 fully saturated rings. The molecule has 1 amide bonds. The van der Waals surface area contributed by atoms with Crippen LogP contribution in [0.5, 0.6) is 0 Å². The molecule has 0 atom stereocenters. The normalized spacial score (nSPS) is 11.2. The molecule has 0 saturated carbocycles. The van der Waals surface area contributed by atoms with Gasteiger partial charge in [0.2, 0.25) is 0 Å². The second-order valence-corrected chi connectivity index (χ2v) is 6.10. The molecule has 0 aromatic heterocycles. The smallest absolute Gasteiger partial charge is 0.255 e. The zero-order chi connectivity index (χ0) is 14.8. The standard InChI is InChI=1S/C18H21NO/c1-13-7-5-6-8-16(13)19-17(20)14-9-11-15(12-10-14)18(2,3)4/h5-12H,1-4H3,(H,19,20). The van der Waals surface area contributed by atoms with E-state index in [1.165, 1.54) is 5.56 Å². The highest BCUT2D eigenvalue weighted by molar-refractivity contribution is 6.04. The van der Waals surface area contributed by atoms with E-state index in [2.05, 4.69) is 26.1 Å². The van der Waals surface area contributed by atoms with Crippen LogP contribution in [0, 0.1) is 6.92 Å². The van der Waals surface area contributed by atoms with E-state index in [0.717, 1.165) is 11.3 Å². The Bertz CT molecular complexity index is 606. The van der Waals surface area contributed by atoms with Crippen molar-refractivity contribution in [2.75, 3.05) is 5.32 Å². The van der Waals surface area contributed by atoms with Crippen LogP contribution in [0.2, 0.25) is 0 Å². The van der Waals surface area contributed by atoms with Crippen molar-refractivity contribution in [1.29, 1.82) is 0 Å². The van der Waals surface area contributed by atoms with Crippen molar-refractivity contribution in [3.63, 3.8) is 0 Å². The fourth-order valence-corrected chi connectivity index (χ4v) is 2.03. The van der Waals surface area contributed by atoms with E-state index in [9.17, 15) is 4.79 Å². The lowest BCUT2D eigenvalue weighted by atomic mass is 9.87. The van der Waals surface area contributed by atoms with E-state index >= 15 is 0 Å². The Morgan fingerprint density at radius 1 is 0.950 bits per heavy atom. The first-order valence-corrected chi connectivity index (χ1v) is 6.85. The molecule has 0 saturated heterocycles. The first-order valence-electron chi connectivity index (χ1n) is 6.85. The van der Waals surface area contributed by atoms with Crippen molar-refractivity contribution in [3.8, 4) is 0 Å². The number of para-hydroxylation sites is 1. The molecule has 0 aliphatic rings. The zero-order valence-electron chi connectivity index (χ0n) is 12.5. The Labute approximate surface area is 120 Å². The van der Waals surface area contributed by atoms with Gasteiger partial charge >= 0.3 is 0 Å². The van der Waals surface area contributed by atoms with Gasteiger partial charge in [-0.3, -0.25) is 4.79 Å². The summed E-state index contributed by atoms with van der Waals surface area (Å²) >= 11 is 0. The molecule has 0 aliphatic heterocycles. The van der Waals surface area contributed by atoms with E-state index in [4.69, 9.17) is 0 Å². The second-order valence-electron chi connectivity index (χ2n) is 6.10. The summed E-state index contributed by atoms with van der Waals surface area (Å²) in [6, 6.07) is 15.6. The van der Waals surface area contributed by atoms with Gasteiger partial charge in [-0.25, -0.2) is 0 Å². The Morgan fingerprint density at radius 2 is 1.55 bits per heavy atom. The minimum absolute atomic E-state index is 0.0697. The fraction of sp³-hybridized carbons (Fsp3) is 0.278. The third-order valence-electron chi connectivity index (χ3n) is 3.41. The van der Waals surface area contributed by atoms with Crippen LogP contribution in [0.1, 0.15) is 42.3 Å². The summed E-state index contributed by atoms with van der Waals surface area (Å²) in [6.07, 6.45) is 0. The van der Waals surface area contributed by atoms with Crippen molar-refractivity contribution in [3.05, 3.63) is 65.2 Å². The summed E-state index contributed by atoms with van der Waals surface area (Å²) in [7, 11) is 0. The monoisotopic (exact) mass is 267 g/mol. The van der Waals surface area contributed by atoms with Gasteiger partial charge in [-0.05, 0) is 41.7 Å². The van der Waals surface area contributed by atoms with Crippen molar-refractivity contribution >= 4 is 11.6 Å². The predicted octanol–water partition coefficient (Wildman–Crippen LogP) is 4.54. The van der Waals surface area contributed by atoms with Gasteiger partial charge in [0, 0.05) is 11.3 Å². The van der Waals surface area contributed by atoms with Crippen molar-refractivity contribution in [2.24, 2.45) is 0 Å². The molecule has 2 rings (SSSR count). The molecule has 2 nitrogen and oxygen atoms in total. The van der Waals surface area contributed by atoms with Crippen LogP contribution < -0.4 is 5.32 Å². The molecule has 0 unspecified atom stereocenters. The molecule has 2 aromatic carbocycles. The SMILES string of the molecule is Cc1ccccc1NC(=O)c1ccc(C(C)(C)C)cc1. The Balaban J connectivity index is 2.16. The fourth-order valence-electron chi connectivity index (χ4n) is 2.03. The summed E-state index contributed by atoms with van der Waals surface area (Å²) < 4.78 is 0. The molecule has 0 spiro atoms. The quantitative estimate of drug-likeness (QED) is 0.850. The Hall–Kier alpha value is -2.09. The van der Waals surface area contributed by atoms with Crippen LogP contribution in [-0.2, 0) is 5.41 Å². The lowest BCUT2D eigenvalue weighted by molar-refractivity contribution is 0.102. The largest absolute Gasteiger partial charge is 0.322 e. The maximum Gasteiger partial charge on any atom is 0.255 e. The van der Waals surface area contributed by atoms with Crippen LogP contribution in [0.25, 0.3) is 0 Å². The first-order chi connectivity index (χ1) is 9.38. The predicted molar refractivity (Wildman–Crippen MR) is 84.3 cm³/mol. The lowest BCUT2D eigenvalue weighted by Gasteiger charge is -2.19. The topological polar surface area (TPSA) is 29.1 Å². The van der Waals surface area contributed by atoms with Gasteiger partial charge in [0.05, 0.1) is 0 Å². The van der Waals surface area contributed by atoms with Gasteiger partial charge in [0.15, 0.2) is 0 Å². The van der Waals surface area contributed by atoms with Gasteiger partial charge in [-0.15, -0.1) is 0 Å². The van der Waals surface area contributed by atoms with Crippen molar-refractivity contribution in [2.45, 2.75) is 33.1 Å². The minimum Gasteiger partial charge on any atom is -0.322 e. The number of anilines is 1. The zero-order valence-corrected chi connectivity index (χ0v) is 12.5. The number of carbonyl (C=O) groups is 1. The molecular weight excluding hydrogens is 246 g/mol. The minimum atomic E-state index is -0.0697. The van der Waals surface area contributed by atoms with Gasteiger partial charge in [-0.1, -0.05) is 51.1 Å². The van der Waals surface area contributed by atoms with Crippen LogP contribution in [0.15, 0.2) is 48.5 Å². The number of rotatable bonds is 2. The molecule has 20 heavy (non-hydrogen) atoms. The lowest BCUT2D eigenvalue weighted by Crippen LogP contribution is -2.14. The van der Waals surface area contributed by atoms with E-state index in [1.807, 2.05) is 55.5 Å². The van der Waals surface area contributed by atoms with Crippen molar-refractivity contribution < 1.29 is 4.79 Å². The highest BCUT2D eigenvalue weighted by Crippen LogP contribution is 2.22. The number of nitrogens with one attached hydrogen (secondary N) is 1. The van der Waals surface area contributed by atoms with E-state index in [0.29, 0.717) is 5.56 Å². The average molecular weight is 267 g/mol. The number of hydrogen-bond acceptors (Lipinski definition) is 1. The molecule has 0 radical (unpaired) electrons. The van der Waals surface area contributed by atoms with E-state index in [1.54, 1.807) is 0 Å². The molecular formula is C18H21NO. The molecule has 0 bridgehead atoms. The third-order valence-corrected chi connectivity index (χ3v) is 3.41. The molecule has 1 N–H and O–H groups in total. The number of amides is 1. The maximum atomic E-state index is 12.2. The summed E-state index contributed by atoms with van der Waals surface area (Å²) in [5.74, 6) is -0.0697. The molecule has 2 aromatic rings. The van der Waals surface area contributed by atoms with Gasteiger partial charge in [0.1, 0.15) is 0 Å². The van der Waals surface area contributed by atoms with E-state index < -0.39 is 0 Å². The van der Waals surface area contributed by atoms with Crippen LogP contribution in [-0.4, -0.2) is 5.91 Å². The van der Waals surface area contributed by atoms with Crippen molar-refractivity contribution in [1.82, 2.24) is 0 Å². The Kier molecular flexibility index (Phi) is 3.93. The molecule has 104 valence electrons. The molecule has 2 heteroatoms. The highest BCUT2D eigenvalue weighted by Gasteiger charge is 2.14. The summed E-state index contributed by atoms with van der Waals surface area (Å²) in [4.78, 5) is 12.2.